The maximum atomic E-state index is 12.9. The van der Waals surface area contributed by atoms with Crippen LogP contribution in [0.15, 0.2) is 135 Å². The number of carbonyl (C=O) groups excluding carboxylic acids is 4. The summed E-state index contributed by atoms with van der Waals surface area (Å²) in [4.78, 5) is 94.7. The molecule has 4 aliphatic rings. The lowest BCUT2D eigenvalue weighted by Crippen LogP contribution is -2.44. The number of likely N-dealkylation sites (N-methyl/N-ethyl adjacent to an activating group) is 1. The Morgan fingerprint density at radius 2 is 0.838 bits per heavy atom. The molecule has 1 saturated heterocycles. The summed E-state index contributed by atoms with van der Waals surface area (Å²) in [5.74, 6) is 4.77. The number of aromatic nitrogens is 10. The Morgan fingerprint density at radius 3 is 1.26 bits per heavy atom. The number of aryl methyl sites for hydroxylation is 9. The van der Waals surface area contributed by atoms with Crippen LogP contribution < -0.4 is 47.4 Å². The molecule has 117 heavy (non-hydrogen) atoms. The molecule has 13 rings (SSSR count). The standard InChI is InChI=1S/C26H36N6O.C25H36N6O.2C21H28N4O/c1-19-8-9-21(15-22(19)7-6-13-32-14-12-27-18-32)10-11-28-25(33)23-16-29-20(2)31-24(23)30-17-26(3,4)5;1-19-27-18-23(24(28-19)29-21-6-4-3-5-7-21)25(32)26-13-12-20-8-10-22(11-9-20)31-16-14-30(2)15-17-31;1-15-7-6-8-17(13-15)11-12-22-21(26)19-14-23-16(2)24-20(19)25-18-9-4-3-5-10-18;1-15-8-10-17(11-9-15)12-13-22-21(26)19-14-23-16(2)24-20(19)25-18-6-4-3-5-7-18/h8-9,12,14-16,18H,6-7,10-11,13,17H2,1-5H3,(H,28,33)(H,29,30,31);8-11,18,21H,3-7,12-17H2,1-2H3,(H,26,32)(H,27,28,29);6-8,13-14,18H,3-5,9-12H2,1-2H3,(H,22,26)(H,23,24,25);8-11,14,18H,3-7,12-13H2,1-2H3,(H,22,26)(H,23,24,25). The van der Waals surface area contributed by atoms with Gasteiger partial charge in [-0.1, -0.05) is 169 Å². The van der Waals surface area contributed by atoms with Crippen molar-refractivity contribution in [2.75, 3.05) is 92.1 Å². The number of piperazine rings is 1. The summed E-state index contributed by atoms with van der Waals surface area (Å²) in [6.07, 6.45) is 35.6. The van der Waals surface area contributed by atoms with Gasteiger partial charge >= 0.3 is 0 Å². The maximum Gasteiger partial charge on any atom is 0.256 e. The normalized spacial score (nSPS) is 14.7. The molecule has 6 heterocycles. The summed E-state index contributed by atoms with van der Waals surface area (Å²) in [5, 5.41) is 25.8. The number of hydrogen-bond acceptors (Lipinski definition) is 19. The molecule has 4 amide bonds. The third-order valence-corrected chi connectivity index (χ3v) is 21.9. The van der Waals surface area contributed by atoms with Gasteiger partial charge < -0.3 is 56.9 Å². The molecule has 1 aliphatic heterocycles. The molecular weight excluding hydrogens is 1460 g/mol. The molecule has 24 nitrogen and oxygen atoms in total. The summed E-state index contributed by atoms with van der Waals surface area (Å²) in [5.41, 5.74) is 13.5. The Hall–Kier alpha value is -10.8. The van der Waals surface area contributed by atoms with Gasteiger partial charge in [0.1, 0.15) is 68.8 Å². The Labute approximate surface area is 694 Å². The summed E-state index contributed by atoms with van der Waals surface area (Å²) >= 11 is 0. The van der Waals surface area contributed by atoms with Crippen LogP contribution in [0.25, 0.3) is 0 Å². The SMILES string of the molecule is Cc1ccc(CCNC(=O)c2cnc(C)nc2NC2CCCCC2)cc1.Cc1cccc(CCNC(=O)c2cnc(C)nc2NC2CCCCC2)c1.Cc1ncc(C(=O)NCCc2ccc(C)c(CCCn3ccnc3)c2)c(NCC(C)(C)C)n1.Cc1ncc(C(=O)NCCc2ccc(N3CCN(C)CC3)cc2)c(NC2CCCCC2)n1. The second-order valence-electron chi connectivity index (χ2n) is 33.2. The van der Waals surface area contributed by atoms with Crippen LogP contribution in [0.1, 0.15) is 233 Å². The smallest absolute Gasteiger partial charge is 0.256 e. The van der Waals surface area contributed by atoms with Crippen LogP contribution in [0.4, 0.5) is 29.0 Å². The van der Waals surface area contributed by atoms with Gasteiger partial charge in [0, 0.05) is 126 Å². The molecule has 0 atom stereocenters. The molecule has 8 N–H and O–H groups in total. The monoisotopic (exact) mass is 1590 g/mol. The van der Waals surface area contributed by atoms with Crippen molar-refractivity contribution >= 4 is 52.6 Å². The van der Waals surface area contributed by atoms with Crippen LogP contribution in [-0.4, -0.2) is 162 Å². The van der Waals surface area contributed by atoms with Crippen molar-refractivity contribution in [2.24, 2.45) is 5.41 Å². The molecule has 624 valence electrons. The molecule has 3 aliphatic carbocycles. The molecule has 3 saturated carbocycles. The van der Waals surface area contributed by atoms with E-state index in [2.05, 4.69) is 235 Å². The maximum absolute atomic E-state index is 12.9. The highest BCUT2D eigenvalue weighted by Crippen LogP contribution is 2.28. The second kappa shape index (κ2) is 45.7. The number of nitrogens with one attached hydrogen (secondary N) is 8. The number of amides is 4. The van der Waals surface area contributed by atoms with Gasteiger partial charge in [-0.25, -0.2) is 44.9 Å². The van der Waals surface area contributed by atoms with E-state index in [-0.39, 0.29) is 29.0 Å². The zero-order valence-electron chi connectivity index (χ0n) is 71.4. The van der Waals surface area contributed by atoms with E-state index in [4.69, 9.17) is 0 Å². The molecule has 4 aromatic carbocycles. The summed E-state index contributed by atoms with van der Waals surface area (Å²) < 4.78 is 2.11. The third-order valence-electron chi connectivity index (χ3n) is 21.9. The van der Waals surface area contributed by atoms with Gasteiger partial charge in [0.15, 0.2) is 0 Å². The second-order valence-corrected chi connectivity index (χ2v) is 33.2. The van der Waals surface area contributed by atoms with Crippen molar-refractivity contribution in [1.29, 1.82) is 0 Å². The van der Waals surface area contributed by atoms with Crippen molar-refractivity contribution in [2.45, 2.75) is 229 Å². The Kier molecular flexibility index (Phi) is 34.6. The van der Waals surface area contributed by atoms with Crippen molar-refractivity contribution in [1.82, 2.24) is 75.6 Å². The predicted molar refractivity (Wildman–Crippen MR) is 471 cm³/mol. The van der Waals surface area contributed by atoms with E-state index in [0.29, 0.717) is 113 Å². The quantitative estimate of drug-likeness (QED) is 0.0216. The van der Waals surface area contributed by atoms with Crippen LogP contribution in [0.3, 0.4) is 0 Å². The molecule has 4 fully saturated rings. The molecule has 24 heteroatoms. The predicted octanol–water partition coefficient (Wildman–Crippen LogP) is 15.2. The molecule has 9 aromatic rings. The number of benzene rings is 4. The van der Waals surface area contributed by atoms with E-state index in [0.717, 1.165) is 116 Å². The zero-order chi connectivity index (χ0) is 82.9. The minimum atomic E-state index is -0.154. The van der Waals surface area contributed by atoms with E-state index in [1.165, 1.54) is 108 Å². The lowest BCUT2D eigenvalue weighted by molar-refractivity contribution is 0.0945. The van der Waals surface area contributed by atoms with Gasteiger partial charge in [0.25, 0.3) is 23.6 Å². The van der Waals surface area contributed by atoms with Crippen molar-refractivity contribution in [3.05, 3.63) is 225 Å². The van der Waals surface area contributed by atoms with Crippen LogP contribution in [0, 0.1) is 53.9 Å². The van der Waals surface area contributed by atoms with Gasteiger partial charge in [0.2, 0.25) is 0 Å². The summed E-state index contributed by atoms with van der Waals surface area (Å²) in [6, 6.07) is 33.3. The fraction of sp³-hybridized carbons (Fsp3) is 0.495. The summed E-state index contributed by atoms with van der Waals surface area (Å²) in [7, 11) is 2.17. The van der Waals surface area contributed by atoms with Gasteiger partial charge in [-0.3, -0.25) is 19.2 Å². The highest BCUT2D eigenvalue weighted by molar-refractivity contribution is 6.00. The number of hydrogen-bond donors (Lipinski definition) is 8. The minimum absolute atomic E-state index is 0.0779. The zero-order valence-corrected chi connectivity index (χ0v) is 71.4. The van der Waals surface area contributed by atoms with Gasteiger partial charge in [-0.05, 0) is 183 Å². The third kappa shape index (κ3) is 30.0. The number of nitrogens with zero attached hydrogens (tertiary/aromatic N) is 12. The number of anilines is 5. The van der Waals surface area contributed by atoms with E-state index in [1.54, 1.807) is 24.8 Å². The number of carbonyl (C=O) groups is 4. The average molecular weight is 1590 g/mol. The molecule has 0 bridgehead atoms. The molecular formula is C93H128N20O4. The first kappa shape index (κ1) is 88.6. The number of imidazole rings is 1. The highest BCUT2D eigenvalue weighted by atomic mass is 16.2. The molecule has 0 radical (unpaired) electrons. The van der Waals surface area contributed by atoms with E-state index in [1.807, 2.05) is 52.5 Å². The van der Waals surface area contributed by atoms with Gasteiger partial charge in [-0.2, -0.15) is 0 Å². The lowest BCUT2D eigenvalue weighted by Gasteiger charge is -2.34. The molecule has 0 spiro atoms. The van der Waals surface area contributed by atoms with Crippen molar-refractivity contribution in [3.8, 4) is 0 Å². The van der Waals surface area contributed by atoms with Crippen molar-refractivity contribution < 1.29 is 19.2 Å². The fourth-order valence-electron chi connectivity index (χ4n) is 14.9. The Bertz CT molecular complexity index is 4580. The topological polar surface area (TPSA) is 292 Å². The van der Waals surface area contributed by atoms with Gasteiger partial charge in [0.05, 0.1) is 6.33 Å². The van der Waals surface area contributed by atoms with Crippen LogP contribution >= 0.6 is 0 Å². The van der Waals surface area contributed by atoms with Gasteiger partial charge in [-0.15, -0.1) is 0 Å². The first-order valence-corrected chi connectivity index (χ1v) is 42.7. The van der Waals surface area contributed by atoms with Crippen LogP contribution in [0.5, 0.6) is 0 Å². The molecule has 0 unspecified atom stereocenters. The van der Waals surface area contributed by atoms with E-state index in [9.17, 15) is 19.2 Å². The Balaban J connectivity index is 0.000000165. The van der Waals surface area contributed by atoms with E-state index < -0.39 is 0 Å². The van der Waals surface area contributed by atoms with Crippen LogP contribution in [-0.2, 0) is 38.6 Å². The lowest BCUT2D eigenvalue weighted by atomic mass is 9.95. The van der Waals surface area contributed by atoms with Crippen LogP contribution in [0.2, 0.25) is 0 Å². The largest absolute Gasteiger partial charge is 0.369 e. The minimum Gasteiger partial charge on any atom is -0.369 e. The Morgan fingerprint density at radius 1 is 0.436 bits per heavy atom. The first-order valence-electron chi connectivity index (χ1n) is 42.7. The van der Waals surface area contributed by atoms with E-state index >= 15 is 0 Å². The highest BCUT2D eigenvalue weighted by Gasteiger charge is 2.25. The molecule has 5 aromatic heterocycles. The summed E-state index contributed by atoms with van der Waals surface area (Å²) in [6.45, 7) is 28.5. The average Bonchev–Trinajstić information content (AvgIpc) is 1.60. The first-order chi connectivity index (χ1) is 56.5. The van der Waals surface area contributed by atoms with Crippen molar-refractivity contribution in [3.63, 3.8) is 0 Å². The fourth-order valence-corrected chi connectivity index (χ4v) is 14.9. The number of rotatable bonds is 29.